The molecule has 0 unspecified atom stereocenters. The zero-order valence-corrected chi connectivity index (χ0v) is 19.1. The molecule has 6 rings (SSSR count). The fourth-order valence-electron chi connectivity index (χ4n) is 6.46. The fraction of sp³-hybridized carbons (Fsp3) is 0.423. The first-order valence-electron chi connectivity index (χ1n) is 11.8. The molecule has 2 saturated heterocycles. The molecule has 33 heavy (non-hydrogen) atoms. The van der Waals surface area contributed by atoms with Crippen LogP contribution in [0.3, 0.4) is 0 Å². The van der Waals surface area contributed by atoms with Gasteiger partial charge in [0.25, 0.3) is 5.91 Å². The fourth-order valence-corrected chi connectivity index (χ4v) is 6.65. The molecule has 2 bridgehead atoms. The van der Waals surface area contributed by atoms with Gasteiger partial charge >= 0.3 is 0 Å². The van der Waals surface area contributed by atoms with Gasteiger partial charge in [0.15, 0.2) is 0 Å². The lowest BCUT2D eigenvalue weighted by atomic mass is 9.81. The molecule has 0 spiro atoms. The van der Waals surface area contributed by atoms with Gasteiger partial charge in [0.1, 0.15) is 0 Å². The second-order valence-corrected chi connectivity index (χ2v) is 10.1. The van der Waals surface area contributed by atoms with E-state index in [0.717, 1.165) is 38.0 Å². The van der Waals surface area contributed by atoms with Gasteiger partial charge in [-0.3, -0.25) is 19.3 Å². The third-order valence-corrected chi connectivity index (χ3v) is 8.38. The van der Waals surface area contributed by atoms with Crippen LogP contribution in [0.1, 0.15) is 29.6 Å². The summed E-state index contributed by atoms with van der Waals surface area (Å²) in [6.45, 7) is 2.65. The van der Waals surface area contributed by atoms with Gasteiger partial charge in [0.2, 0.25) is 11.8 Å². The van der Waals surface area contributed by atoms with Crippen molar-refractivity contribution in [3.8, 4) is 0 Å². The van der Waals surface area contributed by atoms with Crippen LogP contribution in [0.25, 0.3) is 0 Å². The number of piperazine rings is 1. The summed E-state index contributed by atoms with van der Waals surface area (Å²) in [5.74, 6) is -0.0708. The Bertz CT molecular complexity index is 1100. The number of hydrogen-bond acceptors (Lipinski definition) is 4. The lowest BCUT2D eigenvalue weighted by molar-refractivity contribution is -0.123. The maximum atomic E-state index is 13.3. The molecule has 170 valence electrons. The van der Waals surface area contributed by atoms with Crippen molar-refractivity contribution in [2.75, 3.05) is 36.0 Å². The van der Waals surface area contributed by atoms with Crippen molar-refractivity contribution in [2.45, 2.75) is 19.3 Å². The van der Waals surface area contributed by atoms with E-state index in [9.17, 15) is 14.4 Å². The van der Waals surface area contributed by atoms with Crippen molar-refractivity contribution < 1.29 is 14.4 Å². The van der Waals surface area contributed by atoms with E-state index in [1.165, 1.54) is 4.90 Å². The van der Waals surface area contributed by atoms with Crippen molar-refractivity contribution >= 4 is 40.7 Å². The lowest BCUT2D eigenvalue weighted by Crippen LogP contribution is -2.48. The Balaban J connectivity index is 1.21. The molecular weight excluding hydrogens is 438 g/mol. The Morgan fingerprint density at radius 2 is 1.45 bits per heavy atom. The SMILES string of the molecule is O=C(c1cc(N2C(=O)[C@@H]3[C@H]4CC[C@@H](C4)[C@@H]3C2=O)ccc1Cl)N1CCN(c2ccccc2)CC1. The maximum absolute atomic E-state index is 13.3. The second-order valence-electron chi connectivity index (χ2n) is 9.68. The molecule has 2 heterocycles. The number of imide groups is 1. The zero-order valence-electron chi connectivity index (χ0n) is 18.3. The number of carbonyl (C=O) groups excluding carboxylic acids is 3. The van der Waals surface area contributed by atoms with Crippen molar-refractivity contribution in [2.24, 2.45) is 23.7 Å². The van der Waals surface area contributed by atoms with Gasteiger partial charge in [0, 0.05) is 31.9 Å². The van der Waals surface area contributed by atoms with Crippen molar-refractivity contribution in [3.63, 3.8) is 0 Å². The Kier molecular flexibility index (Phi) is 4.94. The Hall–Kier alpha value is -2.86. The second kappa shape index (κ2) is 7.87. The smallest absolute Gasteiger partial charge is 0.255 e. The molecule has 0 N–H and O–H groups in total. The molecule has 0 aromatic heterocycles. The third-order valence-electron chi connectivity index (χ3n) is 8.05. The topological polar surface area (TPSA) is 60.9 Å². The van der Waals surface area contributed by atoms with E-state index in [1.807, 2.05) is 18.2 Å². The highest BCUT2D eigenvalue weighted by molar-refractivity contribution is 6.34. The summed E-state index contributed by atoms with van der Waals surface area (Å²) in [5.41, 5.74) is 1.97. The summed E-state index contributed by atoms with van der Waals surface area (Å²) in [6.07, 6.45) is 3.08. The Morgan fingerprint density at radius 3 is 2.09 bits per heavy atom. The average molecular weight is 464 g/mol. The molecule has 4 atom stereocenters. The number of benzene rings is 2. The van der Waals surface area contributed by atoms with E-state index < -0.39 is 0 Å². The molecule has 2 aromatic rings. The van der Waals surface area contributed by atoms with Crippen LogP contribution < -0.4 is 9.80 Å². The molecule has 2 aliphatic carbocycles. The van der Waals surface area contributed by atoms with Gasteiger partial charge in [-0.05, 0) is 61.4 Å². The minimum atomic E-state index is -0.183. The van der Waals surface area contributed by atoms with Crippen LogP contribution in [0.2, 0.25) is 5.02 Å². The van der Waals surface area contributed by atoms with Gasteiger partial charge in [-0.1, -0.05) is 29.8 Å². The number of carbonyl (C=O) groups is 3. The zero-order chi connectivity index (χ0) is 22.7. The van der Waals surface area contributed by atoms with Gasteiger partial charge in [-0.2, -0.15) is 0 Å². The van der Waals surface area contributed by atoms with E-state index in [-0.39, 0.29) is 29.6 Å². The molecule has 7 heteroatoms. The molecular formula is C26H26ClN3O3. The monoisotopic (exact) mass is 463 g/mol. The number of fused-ring (bicyclic) bond motifs is 5. The van der Waals surface area contributed by atoms with Crippen LogP contribution in [-0.4, -0.2) is 48.8 Å². The molecule has 4 fully saturated rings. The third kappa shape index (κ3) is 3.26. The highest BCUT2D eigenvalue weighted by Crippen LogP contribution is 2.56. The molecule has 2 saturated carbocycles. The molecule has 2 aromatic carbocycles. The molecule has 6 nitrogen and oxygen atoms in total. The van der Waals surface area contributed by atoms with Gasteiger partial charge < -0.3 is 9.80 Å². The number of para-hydroxylation sites is 1. The van der Waals surface area contributed by atoms with Crippen molar-refractivity contribution in [3.05, 3.63) is 59.1 Å². The van der Waals surface area contributed by atoms with Crippen molar-refractivity contribution in [1.29, 1.82) is 0 Å². The van der Waals surface area contributed by atoms with Crippen LogP contribution in [0.15, 0.2) is 48.5 Å². The number of rotatable bonds is 3. The van der Waals surface area contributed by atoms with Gasteiger partial charge in [0.05, 0.1) is 28.1 Å². The van der Waals surface area contributed by atoms with Gasteiger partial charge in [-0.15, -0.1) is 0 Å². The van der Waals surface area contributed by atoms with E-state index in [2.05, 4.69) is 17.0 Å². The van der Waals surface area contributed by atoms with Crippen LogP contribution in [0, 0.1) is 23.7 Å². The normalized spacial score (nSPS) is 28.6. The number of amides is 3. The standard InChI is InChI=1S/C26H26ClN3O3/c27-21-9-8-19(30-25(32)22-16-6-7-17(14-16)23(22)26(30)33)15-20(21)24(31)29-12-10-28(11-13-29)18-4-2-1-3-5-18/h1-5,8-9,15-17,22-23H,6-7,10-14H2/t16-,17-,22-,23+/m0/s1. The Morgan fingerprint density at radius 1 is 0.818 bits per heavy atom. The molecule has 2 aliphatic heterocycles. The van der Waals surface area contributed by atoms with E-state index in [0.29, 0.717) is 41.2 Å². The summed E-state index contributed by atoms with van der Waals surface area (Å²) in [4.78, 5) is 45.1. The van der Waals surface area contributed by atoms with Crippen LogP contribution >= 0.6 is 11.6 Å². The largest absolute Gasteiger partial charge is 0.368 e. The average Bonchev–Trinajstić information content (AvgIpc) is 3.54. The quantitative estimate of drug-likeness (QED) is 0.649. The van der Waals surface area contributed by atoms with Crippen LogP contribution in [-0.2, 0) is 9.59 Å². The first-order valence-corrected chi connectivity index (χ1v) is 12.2. The summed E-state index contributed by atoms with van der Waals surface area (Å²) in [6, 6.07) is 15.1. The lowest BCUT2D eigenvalue weighted by Gasteiger charge is -2.36. The van der Waals surface area contributed by atoms with E-state index in [4.69, 9.17) is 11.6 Å². The minimum absolute atomic E-state index is 0.102. The summed E-state index contributed by atoms with van der Waals surface area (Å²) in [5, 5.41) is 0.341. The van der Waals surface area contributed by atoms with Gasteiger partial charge in [-0.25, -0.2) is 0 Å². The maximum Gasteiger partial charge on any atom is 0.255 e. The summed E-state index contributed by atoms with van der Waals surface area (Å²) < 4.78 is 0. The molecule has 3 amide bonds. The number of nitrogens with zero attached hydrogens (tertiary/aromatic N) is 3. The number of halogens is 1. The highest BCUT2D eigenvalue weighted by Gasteiger charge is 2.61. The van der Waals surface area contributed by atoms with Crippen LogP contribution in [0.5, 0.6) is 0 Å². The van der Waals surface area contributed by atoms with E-state index >= 15 is 0 Å². The van der Waals surface area contributed by atoms with Crippen LogP contribution in [0.4, 0.5) is 11.4 Å². The Labute approximate surface area is 198 Å². The van der Waals surface area contributed by atoms with E-state index in [1.54, 1.807) is 23.1 Å². The summed E-state index contributed by atoms with van der Waals surface area (Å²) >= 11 is 6.42. The first kappa shape index (κ1) is 20.7. The molecule has 0 radical (unpaired) electrons. The summed E-state index contributed by atoms with van der Waals surface area (Å²) in [7, 11) is 0. The van der Waals surface area contributed by atoms with Crippen molar-refractivity contribution in [1.82, 2.24) is 4.90 Å². The highest BCUT2D eigenvalue weighted by atomic mass is 35.5. The predicted octanol–water partition coefficient (Wildman–Crippen LogP) is 3.84. The molecule has 4 aliphatic rings. The number of hydrogen-bond donors (Lipinski definition) is 0. The predicted molar refractivity (Wildman–Crippen MR) is 126 cm³/mol. The first-order chi connectivity index (χ1) is 16.0. The number of anilines is 2. The minimum Gasteiger partial charge on any atom is -0.368 e.